The molecular weight excluding hydrogens is 460 g/mol. The van der Waals surface area contributed by atoms with Crippen LogP contribution < -0.4 is 4.74 Å². The van der Waals surface area contributed by atoms with E-state index in [1.807, 2.05) is 0 Å². The molecule has 1 atom stereocenters. The van der Waals surface area contributed by atoms with Crippen LogP contribution >= 0.6 is 0 Å². The minimum atomic E-state index is -3.64. The molecule has 0 radical (unpaired) electrons. The highest BCUT2D eigenvalue weighted by molar-refractivity contribution is 6.18. The summed E-state index contributed by atoms with van der Waals surface area (Å²) in [4.78, 5) is 68.6. The average Bonchev–Trinajstić information content (AvgIpc) is 2.73. The van der Waals surface area contributed by atoms with E-state index in [9.17, 15) is 49.2 Å². The molecule has 0 heterocycles. The Morgan fingerprint density at radius 2 is 1.15 bits per heavy atom. The predicted molar refractivity (Wildman–Crippen MR) is 107 cm³/mol. The van der Waals surface area contributed by atoms with E-state index in [1.54, 1.807) is 0 Å². The first-order valence-electron chi connectivity index (χ1n) is 9.12. The first-order chi connectivity index (χ1) is 15.8. The number of ether oxygens (including phenoxy) is 1. The van der Waals surface area contributed by atoms with Crippen molar-refractivity contribution in [3.05, 3.63) is 59.2 Å². The smallest absolute Gasteiger partial charge is 0.336 e. The van der Waals surface area contributed by atoms with Gasteiger partial charge in [0.05, 0.1) is 17.0 Å². The van der Waals surface area contributed by atoms with Crippen LogP contribution in [-0.2, 0) is 25.6 Å². The van der Waals surface area contributed by atoms with E-state index in [4.69, 9.17) is 14.9 Å². The molecule has 0 aromatic heterocycles. The lowest BCUT2D eigenvalue weighted by Crippen LogP contribution is -2.55. The molecule has 0 fully saturated rings. The van der Waals surface area contributed by atoms with Gasteiger partial charge in [0, 0.05) is 0 Å². The van der Waals surface area contributed by atoms with Gasteiger partial charge in [-0.2, -0.15) is 0 Å². The minimum Gasteiger partial charge on any atom is -0.481 e. The van der Waals surface area contributed by atoms with Gasteiger partial charge in [-0.3, -0.25) is 19.2 Å². The number of rotatable bonds is 11. The second-order valence-corrected chi connectivity index (χ2v) is 6.88. The third-order valence-electron chi connectivity index (χ3n) is 4.88. The molecule has 0 bridgehead atoms. The van der Waals surface area contributed by atoms with Gasteiger partial charge in [0.25, 0.3) is 5.41 Å². The Labute approximate surface area is 189 Å². The summed E-state index contributed by atoms with van der Waals surface area (Å²) in [6, 6.07) is 8.16. The second-order valence-electron chi connectivity index (χ2n) is 6.88. The molecular formula is C21H16O13. The highest BCUT2D eigenvalue weighted by Crippen LogP contribution is 2.34. The van der Waals surface area contributed by atoms with Crippen LogP contribution in [0.5, 0.6) is 11.5 Å². The normalized spacial score (nSPS) is 11.8. The molecule has 2 rings (SSSR count). The maximum Gasteiger partial charge on any atom is 0.336 e. The van der Waals surface area contributed by atoms with E-state index in [0.717, 1.165) is 12.1 Å². The predicted octanol–water partition coefficient (Wildman–Crippen LogP) is 1.36. The molecule has 1 unspecified atom stereocenters. The molecule has 0 aliphatic carbocycles. The van der Waals surface area contributed by atoms with Crippen LogP contribution in [0.3, 0.4) is 0 Å². The molecule has 0 saturated heterocycles. The van der Waals surface area contributed by atoms with Gasteiger partial charge < -0.3 is 35.4 Å². The molecule has 2 aromatic carbocycles. The molecule has 13 heteroatoms. The van der Waals surface area contributed by atoms with Gasteiger partial charge in [-0.1, -0.05) is 12.1 Å². The van der Waals surface area contributed by atoms with Crippen molar-refractivity contribution < 1.29 is 64.1 Å². The summed E-state index contributed by atoms with van der Waals surface area (Å²) < 4.78 is 5.44. The summed E-state index contributed by atoms with van der Waals surface area (Å²) in [6.45, 7) is 0. The number of hydrogen-bond donors (Lipinski definition) is 6. The summed E-state index contributed by atoms with van der Waals surface area (Å²) >= 11 is 0. The fourth-order valence-corrected chi connectivity index (χ4v) is 3.16. The van der Waals surface area contributed by atoms with Crippen molar-refractivity contribution >= 4 is 35.8 Å². The maximum absolute atomic E-state index is 11.6. The van der Waals surface area contributed by atoms with Crippen LogP contribution in [0.15, 0.2) is 42.5 Å². The first kappa shape index (κ1) is 25.3. The number of carboxylic acids is 6. The zero-order valence-electron chi connectivity index (χ0n) is 16.9. The summed E-state index contributed by atoms with van der Waals surface area (Å²) in [7, 11) is 0. The molecule has 0 saturated carbocycles. The quantitative estimate of drug-likeness (QED) is 0.252. The first-order valence-corrected chi connectivity index (χ1v) is 9.12. The van der Waals surface area contributed by atoms with E-state index in [0.29, 0.717) is 0 Å². The van der Waals surface area contributed by atoms with Crippen LogP contribution in [0.4, 0.5) is 0 Å². The Hall–Kier alpha value is -4.94. The zero-order valence-corrected chi connectivity index (χ0v) is 16.9. The van der Waals surface area contributed by atoms with Gasteiger partial charge in [-0.25, -0.2) is 9.59 Å². The topological polar surface area (TPSA) is 233 Å². The van der Waals surface area contributed by atoms with Crippen LogP contribution in [-0.4, -0.2) is 66.5 Å². The van der Waals surface area contributed by atoms with Gasteiger partial charge in [0.2, 0.25) is 0 Å². The Kier molecular flexibility index (Phi) is 7.21. The van der Waals surface area contributed by atoms with Gasteiger partial charge in [-0.05, 0) is 42.3 Å². The molecule has 2 aromatic rings. The van der Waals surface area contributed by atoms with E-state index in [2.05, 4.69) is 0 Å². The Bertz CT molecular complexity index is 1140. The van der Waals surface area contributed by atoms with Crippen molar-refractivity contribution in [2.24, 2.45) is 11.3 Å². The number of aromatic carboxylic acids is 2. The van der Waals surface area contributed by atoms with Crippen molar-refractivity contribution in [3.8, 4) is 11.5 Å². The number of carboxylic acid groups (broad SMARTS) is 6. The van der Waals surface area contributed by atoms with Crippen LogP contribution in [0, 0.1) is 11.3 Å². The van der Waals surface area contributed by atoms with Crippen molar-refractivity contribution in [2.45, 2.75) is 6.42 Å². The average molecular weight is 476 g/mol. The Balaban J connectivity index is 2.34. The summed E-state index contributed by atoms with van der Waals surface area (Å²) in [5, 5.41) is 55.4. The van der Waals surface area contributed by atoms with E-state index < -0.39 is 64.7 Å². The lowest BCUT2D eigenvalue weighted by atomic mass is 9.72. The van der Waals surface area contributed by atoms with Crippen LogP contribution in [0.2, 0.25) is 0 Å². The number of benzene rings is 2. The molecule has 0 aliphatic rings. The van der Waals surface area contributed by atoms with E-state index in [1.165, 1.54) is 30.3 Å². The SMILES string of the molecule is O=C(O)c1ccc(Oc2ccc(CC(C(=O)O)C(C(=O)O)(C(=O)O)C(=O)O)cc2)cc1C(=O)O. The molecule has 0 spiro atoms. The highest BCUT2D eigenvalue weighted by atomic mass is 16.5. The standard InChI is InChI=1S/C21H16O13/c22-15(23)12-6-5-11(8-13(12)16(24)25)34-10-3-1-9(2-4-10)7-14(17(26)27)21(18(28)29,19(30)31)20(32)33/h1-6,8,14H,7H2,(H,22,23)(H,24,25)(H,26,27)(H,28,29)(H,30,31)(H,32,33). The third kappa shape index (κ3) is 4.77. The highest BCUT2D eigenvalue weighted by Gasteiger charge is 2.63. The minimum absolute atomic E-state index is 0.0415. The fraction of sp³-hybridized carbons (Fsp3) is 0.143. The number of carbonyl (C=O) groups is 6. The lowest BCUT2D eigenvalue weighted by Gasteiger charge is -2.26. The molecule has 0 amide bonds. The molecule has 6 N–H and O–H groups in total. The van der Waals surface area contributed by atoms with Gasteiger partial charge in [0.15, 0.2) is 0 Å². The van der Waals surface area contributed by atoms with Gasteiger partial charge >= 0.3 is 35.8 Å². The summed E-state index contributed by atoms with van der Waals surface area (Å²) in [6.07, 6.45) is -0.767. The molecule has 0 aliphatic heterocycles. The maximum atomic E-state index is 11.6. The third-order valence-corrected chi connectivity index (χ3v) is 4.88. The van der Waals surface area contributed by atoms with Crippen LogP contribution in [0.1, 0.15) is 26.3 Å². The molecule has 34 heavy (non-hydrogen) atoms. The Morgan fingerprint density at radius 1 is 0.676 bits per heavy atom. The summed E-state index contributed by atoms with van der Waals surface area (Å²) in [5.41, 5.74) is -4.56. The zero-order chi connectivity index (χ0) is 25.8. The number of aliphatic carboxylic acids is 4. The largest absolute Gasteiger partial charge is 0.481 e. The van der Waals surface area contributed by atoms with Gasteiger partial charge in [-0.15, -0.1) is 0 Å². The van der Waals surface area contributed by atoms with Crippen molar-refractivity contribution in [1.82, 2.24) is 0 Å². The van der Waals surface area contributed by atoms with Crippen molar-refractivity contribution in [1.29, 1.82) is 0 Å². The Morgan fingerprint density at radius 3 is 1.56 bits per heavy atom. The van der Waals surface area contributed by atoms with Crippen molar-refractivity contribution in [3.63, 3.8) is 0 Å². The second kappa shape index (κ2) is 9.68. The van der Waals surface area contributed by atoms with Crippen molar-refractivity contribution in [2.75, 3.05) is 0 Å². The van der Waals surface area contributed by atoms with Gasteiger partial charge in [0.1, 0.15) is 11.5 Å². The van der Waals surface area contributed by atoms with Crippen LogP contribution in [0.25, 0.3) is 0 Å². The fourth-order valence-electron chi connectivity index (χ4n) is 3.16. The number of hydrogen-bond acceptors (Lipinski definition) is 7. The summed E-state index contributed by atoms with van der Waals surface area (Å²) in [5.74, 6) is -14.3. The lowest BCUT2D eigenvalue weighted by molar-refractivity contribution is -0.185. The molecule has 13 nitrogen and oxygen atoms in total. The monoisotopic (exact) mass is 476 g/mol. The van der Waals surface area contributed by atoms with E-state index in [-0.39, 0.29) is 17.1 Å². The van der Waals surface area contributed by atoms with E-state index >= 15 is 0 Å². The molecule has 178 valence electrons.